The highest BCUT2D eigenvalue weighted by molar-refractivity contribution is 5.88. The number of nitrogens with zero attached hydrogens (tertiary/aromatic N) is 1. The molecule has 0 bridgehead atoms. The van der Waals surface area contributed by atoms with Gasteiger partial charge in [-0.2, -0.15) is 5.10 Å². The molecule has 0 fully saturated rings. The second kappa shape index (κ2) is 8.57. The Labute approximate surface area is 140 Å². The lowest BCUT2D eigenvalue weighted by molar-refractivity contribution is 0.0697. The summed E-state index contributed by atoms with van der Waals surface area (Å²) in [4.78, 5) is 10.8. The number of hydrazone groups is 1. The zero-order valence-electron chi connectivity index (χ0n) is 13.7. The van der Waals surface area contributed by atoms with E-state index in [2.05, 4.69) is 10.5 Å². The first kappa shape index (κ1) is 17.3. The number of benzene rings is 2. The molecule has 0 aliphatic carbocycles. The highest BCUT2D eigenvalue weighted by Crippen LogP contribution is 2.27. The number of anilines is 1. The number of carboxylic acids is 1. The molecule has 2 aromatic rings. The van der Waals surface area contributed by atoms with Crippen molar-refractivity contribution in [1.82, 2.24) is 0 Å². The van der Waals surface area contributed by atoms with Crippen molar-refractivity contribution >= 4 is 17.9 Å². The van der Waals surface area contributed by atoms with E-state index in [0.717, 1.165) is 12.0 Å². The van der Waals surface area contributed by atoms with Gasteiger partial charge in [0.1, 0.15) is 0 Å². The van der Waals surface area contributed by atoms with E-state index in [1.54, 1.807) is 25.5 Å². The van der Waals surface area contributed by atoms with Gasteiger partial charge in [-0.25, -0.2) is 4.79 Å². The Kier molecular flexibility index (Phi) is 6.19. The lowest BCUT2D eigenvalue weighted by Gasteiger charge is -2.10. The van der Waals surface area contributed by atoms with Crippen molar-refractivity contribution in [3.05, 3.63) is 53.6 Å². The Morgan fingerprint density at radius 2 is 1.96 bits per heavy atom. The quantitative estimate of drug-likeness (QED) is 0.571. The normalized spacial score (nSPS) is 10.6. The molecule has 2 rings (SSSR count). The summed E-state index contributed by atoms with van der Waals surface area (Å²) in [6.07, 6.45) is 2.58. The van der Waals surface area contributed by atoms with Crippen molar-refractivity contribution in [2.45, 2.75) is 13.3 Å². The second-order valence-corrected chi connectivity index (χ2v) is 5.01. The van der Waals surface area contributed by atoms with Crippen LogP contribution >= 0.6 is 0 Å². The molecule has 126 valence electrons. The van der Waals surface area contributed by atoms with E-state index in [9.17, 15) is 4.79 Å². The summed E-state index contributed by atoms with van der Waals surface area (Å²) >= 11 is 0. The molecule has 0 saturated heterocycles. The van der Waals surface area contributed by atoms with Crippen LogP contribution < -0.4 is 14.9 Å². The molecule has 2 N–H and O–H groups in total. The molecular formula is C18H20N2O4. The zero-order valence-corrected chi connectivity index (χ0v) is 13.7. The molecule has 6 nitrogen and oxygen atoms in total. The van der Waals surface area contributed by atoms with Gasteiger partial charge in [0.25, 0.3) is 0 Å². The van der Waals surface area contributed by atoms with Gasteiger partial charge in [0, 0.05) is 0 Å². The van der Waals surface area contributed by atoms with E-state index < -0.39 is 5.97 Å². The largest absolute Gasteiger partial charge is 0.493 e. The molecule has 2 aromatic carbocycles. The van der Waals surface area contributed by atoms with Gasteiger partial charge in [-0.05, 0) is 54.4 Å². The van der Waals surface area contributed by atoms with Crippen molar-refractivity contribution in [2.75, 3.05) is 19.1 Å². The number of nitrogens with one attached hydrogen (secondary N) is 1. The van der Waals surface area contributed by atoms with Crippen molar-refractivity contribution < 1.29 is 19.4 Å². The number of hydrogen-bond donors (Lipinski definition) is 2. The minimum Gasteiger partial charge on any atom is -0.493 e. The lowest BCUT2D eigenvalue weighted by Crippen LogP contribution is -1.99. The Balaban J connectivity index is 2.01. The third kappa shape index (κ3) is 4.74. The fourth-order valence-electron chi connectivity index (χ4n) is 1.96. The van der Waals surface area contributed by atoms with Crippen LogP contribution in [0.2, 0.25) is 0 Å². The van der Waals surface area contributed by atoms with Crippen LogP contribution in [-0.4, -0.2) is 31.0 Å². The first-order valence-corrected chi connectivity index (χ1v) is 7.57. The summed E-state index contributed by atoms with van der Waals surface area (Å²) in [5, 5.41) is 13.0. The van der Waals surface area contributed by atoms with Crippen molar-refractivity contribution in [1.29, 1.82) is 0 Å². The lowest BCUT2D eigenvalue weighted by atomic mass is 10.2. The van der Waals surface area contributed by atoms with Gasteiger partial charge < -0.3 is 14.6 Å². The average Bonchev–Trinajstić information content (AvgIpc) is 2.60. The van der Waals surface area contributed by atoms with Gasteiger partial charge in [0.05, 0.1) is 31.2 Å². The molecule has 0 aromatic heterocycles. The van der Waals surface area contributed by atoms with E-state index >= 15 is 0 Å². The number of carbonyl (C=O) groups is 1. The van der Waals surface area contributed by atoms with Crippen LogP contribution in [-0.2, 0) is 0 Å². The van der Waals surface area contributed by atoms with Gasteiger partial charge in [-0.3, -0.25) is 5.43 Å². The summed E-state index contributed by atoms with van der Waals surface area (Å²) in [7, 11) is 1.59. The molecular weight excluding hydrogens is 308 g/mol. The zero-order chi connectivity index (χ0) is 17.4. The maximum Gasteiger partial charge on any atom is 0.335 e. The number of ether oxygens (including phenoxy) is 2. The Bertz CT molecular complexity index is 711. The number of carboxylic acid groups (broad SMARTS) is 1. The standard InChI is InChI=1S/C18H20N2O4/c1-3-10-24-16-9-4-13(11-17(16)23-2)12-19-20-15-7-5-14(6-8-15)18(21)22/h4-9,11-12,20H,3,10H2,1-2H3,(H,21,22)/b19-12-. The van der Waals surface area contributed by atoms with Gasteiger partial charge in [-0.15, -0.1) is 0 Å². The summed E-state index contributed by atoms with van der Waals surface area (Å²) < 4.78 is 10.9. The third-order valence-corrected chi connectivity index (χ3v) is 3.19. The number of rotatable bonds is 8. The van der Waals surface area contributed by atoms with Crippen molar-refractivity contribution in [3.8, 4) is 11.5 Å². The first-order valence-electron chi connectivity index (χ1n) is 7.57. The van der Waals surface area contributed by atoms with Gasteiger partial charge in [0.15, 0.2) is 11.5 Å². The van der Waals surface area contributed by atoms with Crippen molar-refractivity contribution in [2.24, 2.45) is 5.10 Å². The first-order chi connectivity index (χ1) is 11.6. The van der Waals surface area contributed by atoms with Gasteiger partial charge in [-0.1, -0.05) is 6.92 Å². The average molecular weight is 328 g/mol. The van der Waals surface area contributed by atoms with Crippen LogP contribution in [0.4, 0.5) is 5.69 Å². The monoisotopic (exact) mass is 328 g/mol. The van der Waals surface area contributed by atoms with Crippen LogP contribution in [0.1, 0.15) is 29.3 Å². The summed E-state index contributed by atoms with van der Waals surface area (Å²) in [6, 6.07) is 11.9. The maximum atomic E-state index is 10.8. The molecule has 0 aliphatic rings. The molecule has 0 radical (unpaired) electrons. The van der Waals surface area contributed by atoms with Crippen LogP contribution in [0.5, 0.6) is 11.5 Å². The fourth-order valence-corrected chi connectivity index (χ4v) is 1.96. The molecule has 0 unspecified atom stereocenters. The topological polar surface area (TPSA) is 80.2 Å². The molecule has 0 amide bonds. The van der Waals surface area contributed by atoms with Crippen LogP contribution in [0.3, 0.4) is 0 Å². The Morgan fingerprint density at radius 1 is 1.21 bits per heavy atom. The molecule has 6 heteroatoms. The van der Waals surface area contributed by atoms with Crippen LogP contribution in [0.15, 0.2) is 47.6 Å². The van der Waals surface area contributed by atoms with Crippen LogP contribution in [0.25, 0.3) is 0 Å². The molecule has 0 heterocycles. The third-order valence-electron chi connectivity index (χ3n) is 3.19. The van der Waals surface area contributed by atoms with E-state index in [1.165, 1.54) is 12.1 Å². The second-order valence-electron chi connectivity index (χ2n) is 5.01. The number of hydrogen-bond acceptors (Lipinski definition) is 5. The summed E-state index contributed by atoms with van der Waals surface area (Å²) in [6.45, 7) is 2.68. The number of aromatic carboxylic acids is 1. The van der Waals surface area contributed by atoms with E-state index in [0.29, 0.717) is 23.8 Å². The Morgan fingerprint density at radius 3 is 2.58 bits per heavy atom. The predicted octanol–water partition coefficient (Wildman–Crippen LogP) is 3.63. The predicted molar refractivity (Wildman–Crippen MR) is 93.4 cm³/mol. The minimum atomic E-state index is -0.956. The van der Waals surface area contributed by atoms with Gasteiger partial charge in [0.2, 0.25) is 0 Å². The number of methoxy groups -OCH3 is 1. The molecule has 0 atom stereocenters. The van der Waals surface area contributed by atoms with Crippen LogP contribution in [0, 0.1) is 0 Å². The molecule has 0 saturated carbocycles. The summed E-state index contributed by atoms with van der Waals surface area (Å²) in [5.41, 5.74) is 4.64. The van der Waals surface area contributed by atoms with Gasteiger partial charge >= 0.3 is 5.97 Å². The Hall–Kier alpha value is -3.02. The fraction of sp³-hybridized carbons (Fsp3) is 0.222. The maximum absolute atomic E-state index is 10.8. The smallest absolute Gasteiger partial charge is 0.335 e. The van der Waals surface area contributed by atoms with Crippen molar-refractivity contribution in [3.63, 3.8) is 0 Å². The summed E-state index contributed by atoms with van der Waals surface area (Å²) in [5.74, 6) is 0.398. The SMILES string of the molecule is CCCOc1ccc(/C=N\Nc2ccc(C(=O)O)cc2)cc1OC. The minimum absolute atomic E-state index is 0.233. The van der Waals surface area contributed by atoms with E-state index in [4.69, 9.17) is 14.6 Å². The molecule has 0 spiro atoms. The highest BCUT2D eigenvalue weighted by Gasteiger charge is 2.04. The molecule has 0 aliphatic heterocycles. The molecule has 24 heavy (non-hydrogen) atoms. The van der Waals surface area contributed by atoms with E-state index in [-0.39, 0.29) is 5.56 Å². The highest BCUT2D eigenvalue weighted by atomic mass is 16.5. The van der Waals surface area contributed by atoms with E-state index in [1.807, 2.05) is 25.1 Å².